The summed E-state index contributed by atoms with van der Waals surface area (Å²) in [5, 5.41) is 28.9. The highest BCUT2D eigenvalue weighted by Gasteiger charge is 2.10. The summed E-state index contributed by atoms with van der Waals surface area (Å²) < 4.78 is 0. The zero-order valence-corrected chi connectivity index (χ0v) is 13.3. The van der Waals surface area contributed by atoms with Crippen molar-refractivity contribution in [2.75, 3.05) is 32.5 Å². The third-order valence-corrected chi connectivity index (χ3v) is 2.46. The molecular formula is C13H20ClN3O5. The molecular weight excluding hydrogens is 314 g/mol. The molecule has 1 aromatic heterocycles. The van der Waals surface area contributed by atoms with Crippen LogP contribution in [0.25, 0.3) is 0 Å². The number of hydrogen-bond acceptors (Lipinski definition) is 6. The van der Waals surface area contributed by atoms with Crippen LogP contribution in [-0.4, -0.2) is 70.4 Å². The molecule has 0 aromatic carbocycles. The molecule has 1 heterocycles. The van der Waals surface area contributed by atoms with Crippen LogP contribution in [0.5, 0.6) is 0 Å². The van der Waals surface area contributed by atoms with Gasteiger partial charge in [0.1, 0.15) is 5.82 Å². The molecule has 124 valence electrons. The second-order valence-corrected chi connectivity index (χ2v) is 5.08. The zero-order valence-electron chi connectivity index (χ0n) is 12.6. The van der Waals surface area contributed by atoms with Crippen LogP contribution in [0, 0.1) is 0 Å². The summed E-state index contributed by atoms with van der Waals surface area (Å²) in [5.74, 6) is -1.55. The third-order valence-electron chi connectivity index (χ3n) is 2.17. The third kappa shape index (κ3) is 9.11. The number of nitrogens with zero attached hydrogens (tertiary/aromatic N) is 2. The molecule has 0 spiro atoms. The highest BCUT2D eigenvalue weighted by molar-refractivity contribution is 6.33. The number of rotatable bonds is 6. The van der Waals surface area contributed by atoms with Gasteiger partial charge in [-0.3, -0.25) is 4.79 Å². The zero-order chi connectivity index (χ0) is 17.3. The molecule has 0 aliphatic heterocycles. The van der Waals surface area contributed by atoms with Gasteiger partial charge in [0.15, 0.2) is 0 Å². The normalized spacial score (nSPS) is 11.4. The van der Waals surface area contributed by atoms with Crippen LogP contribution in [0.1, 0.15) is 17.3 Å². The molecule has 8 nitrogen and oxygen atoms in total. The molecule has 1 atom stereocenters. The van der Waals surface area contributed by atoms with Crippen molar-refractivity contribution in [3.63, 3.8) is 0 Å². The van der Waals surface area contributed by atoms with Gasteiger partial charge >= 0.3 is 5.97 Å². The van der Waals surface area contributed by atoms with E-state index in [0.717, 1.165) is 6.92 Å². The summed E-state index contributed by atoms with van der Waals surface area (Å²) in [6.07, 6.45) is 0.659. The molecule has 9 heteroatoms. The Morgan fingerprint density at radius 2 is 1.95 bits per heavy atom. The van der Waals surface area contributed by atoms with Gasteiger partial charge in [-0.2, -0.15) is 0 Å². The highest BCUT2D eigenvalue weighted by atomic mass is 35.5. The van der Waals surface area contributed by atoms with Crippen molar-refractivity contribution in [3.8, 4) is 0 Å². The van der Waals surface area contributed by atoms with Gasteiger partial charge < -0.3 is 25.5 Å². The summed E-state index contributed by atoms with van der Waals surface area (Å²) in [5.41, 5.74) is 0.0272. The minimum Gasteiger partial charge on any atom is -0.481 e. The molecule has 0 amide bonds. The first-order valence-corrected chi connectivity index (χ1v) is 6.66. The number of halogens is 1. The maximum atomic E-state index is 10.7. The second kappa shape index (κ2) is 9.93. The van der Waals surface area contributed by atoms with Gasteiger partial charge in [0.2, 0.25) is 0 Å². The van der Waals surface area contributed by atoms with E-state index in [1.165, 1.54) is 12.3 Å². The van der Waals surface area contributed by atoms with Crippen molar-refractivity contribution in [2.24, 2.45) is 0 Å². The molecule has 0 fully saturated rings. The number of likely N-dealkylation sites (N-methyl/N-ethyl adjacent to an activating group) is 1. The molecule has 1 rings (SSSR count). The number of aromatic carboxylic acids is 1. The van der Waals surface area contributed by atoms with E-state index in [4.69, 9.17) is 26.6 Å². The average molecular weight is 334 g/mol. The lowest BCUT2D eigenvalue weighted by Gasteiger charge is -2.17. The van der Waals surface area contributed by atoms with Gasteiger partial charge in [0.25, 0.3) is 5.97 Å². The summed E-state index contributed by atoms with van der Waals surface area (Å²) in [4.78, 5) is 25.4. The molecule has 0 aliphatic carbocycles. The van der Waals surface area contributed by atoms with Crippen LogP contribution >= 0.6 is 11.6 Å². The Labute approximate surface area is 133 Å². The lowest BCUT2D eigenvalue weighted by Crippen LogP contribution is -2.31. The first-order chi connectivity index (χ1) is 10.1. The number of aliphatic hydroxyl groups excluding tert-OH is 1. The number of carboxylic acids is 2. The predicted molar refractivity (Wildman–Crippen MR) is 82.6 cm³/mol. The summed E-state index contributed by atoms with van der Waals surface area (Å²) in [7, 11) is 3.71. The van der Waals surface area contributed by atoms with Gasteiger partial charge in [0.05, 0.1) is 16.7 Å². The van der Waals surface area contributed by atoms with Crippen LogP contribution in [0.4, 0.5) is 5.82 Å². The molecule has 0 saturated carbocycles. The van der Waals surface area contributed by atoms with Crippen molar-refractivity contribution >= 4 is 29.4 Å². The molecule has 0 radical (unpaired) electrons. The number of aliphatic hydroxyl groups is 1. The van der Waals surface area contributed by atoms with Crippen LogP contribution < -0.4 is 5.32 Å². The fraction of sp³-hybridized carbons (Fsp3) is 0.462. The SMILES string of the molecule is CC(=O)O.CN(C)CC(O)CNc1ncc(C(=O)O)cc1Cl. The van der Waals surface area contributed by atoms with Gasteiger partial charge in [0, 0.05) is 26.2 Å². The smallest absolute Gasteiger partial charge is 0.337 e. The van der Waals surface area contributed by atoms with E-state index in [0.29, 0.717) is 12.4 Å². The Hall–Kier alpha value is -1.90. The molecule has 0 saturated heterocycles. The minimum atomic E-state index is -1.08. The monoisotopic (exact) mass is 333 g/mol. The number of aliphatic carboxylic acids is 1. The van der Waals surface area contributed by atoms with Gasteiger partial charge in [-0.1, -0.05) is 11.6 Å². The number of pyridine rings is 1. The topological polar surface area (TPSA) is 123 Å². The Morgan fingerprint density at radius 1 is 1.41 bits per heavy atom. The van der Waals surface area contributed by atoms with Gasteiger partial charge in [-0.05, 0) is 20.2 Å². The van der Waals surface area contributed by atoms with Crippen LogP contribution in [-0.2, 0) is 4.79 Å². The molecule has 0 aliphatic rings. The van der Waals surface area contributed by atoms with Crippen LogP contribution in [0.3, 0.4) is 0 Å². The minimum absolute atomic E-state index is 0.0272. The number of carbonyl (C=O) groups is 2. The van der Waals surface area contributed by atoms with Crippen molar-refractivity contribution in [1.82, 2.24) is 9.88 Å². The van der Waals surface area contributed by atoms with E-state index in [-0.39, 0.29) is 17.1 Å². The first kappa shape index (κ1) is 20.1. The van der Waals surface area contributed by atoms with E-state index in [1.807, 2.05) is 19.0 Å². The molecule has 1 unspecified atom stereocenters. The van der Waals surface area contributed by atoms with Crippen LogP contribution in [0.2, 0.25) is 5.02 Å². The first-order valence-electron chi connectivity index (χ1n) is 6.28. The Kier molecular flexibility index (Phi) is 9.07. The largest absolute Gasteiger partial charge is 0.481 e. The van der Waals surface area contributed by atoms with Crippen molar-refractivity contribution in [1.29, 1.82) is 0 Å². The highest BCUT2D eigenvalue weighted by Crippen LogP contribution is 2.19. The van der Waals surface area contributed by atoms with Gasteiger partial charge in [-0.15, -0.1) is 0 Å². The van der Waals surface area contributed by atoms with E-state index >= 15 is 0 Å². The fourth-order valence-corrected chi connectivity index (χ4v) is 1.62. The fourth-order valence-electron chi connectivity index (χ4n) is 1.39. The number of carboxylic acid groups (broad SMARTS) is 2. The molecule has 1 aromatic rings. The maximum Gasteiger partial charge on any atom is 0.337 e. The quantitative estimate of drug-likeness (QED) is 0.604. The lowest BCUT2D eigenvalue weighted by molar-refractivity contribution is -0.134. The molecule has 4 N–H and O–H groups in total. The van der Waals surface area contributed by atoms with Crippen molar-refractivity contribution in [2.45, 2.75) is 13.0 Å². The standard InChI is InChI=1S/C11H16ClN3O3.C2H4O2/c1-15(2)6-8(16)5-14-10-9(12)3-7(4-13-10)11(17)18;1-2(3)4/h3-4,8,16H,5-6H2,1-2H3,(H,13,14)(H,17,18);1H3,(H,3,4). The molecule has 0 bridgehead atoms. The number of anilines is 1. The van der Waals surface area contributed by atoms with Crippen LogP contribution in [0.15, 0.2) is 12.3 Å². The summed E-state index contributed by atoms with van der Waals surface area (Å²) >= 11 is 5.88. The number of aromatic nitrogens is 1. The van der Waals surface area contributed by atoms with Gasteiger partial charge in [-0.25, -0.2) is 9.78 Å². The second-order valence-electron chi connectivity index (χ2n) is 4.68. The average Bonchev–Trinajstić information content (AvgIpc) is 2.35. The van der Waals surface area contributed by atoms with E-state index in [9.17, 15) is 9.90 Å². The summed E-state index contributed by atoms with van der Waals surface area (Å²) in [6, 6.07) is 1.32. The van der Waals surface area contributed by atoms with E-state index in [1.54, 1.807) is 0 Å². The Balaban J connectivity index is 0.000000980. The lowest BCUT2D eigenvalue weighted by atomic mass is 10.3. The number of hydrogen-bond donors (Lipinski definition) is 4. The van der Waals surface area contributed by atoms with E-state index < -0.39 is 18.0 Å². The summed E-state index contributed by atoms with van der Waals surface area (Å²) in [6.45, 7) is 1.88. The number of nitrogens with one attached hydrogen (secondary N) is 1. The molecule has 22 heavy (non-hydrogen) atoms. The predicted octanol–water partition coefficient (Wildman–Crippen LogP) is 0.859. The van der Waals surface area contributed by atoms with Crippen molar-refractivity contribution < 1.29 is 24.9 Å². The maximum absolute atomic E-state index is 10.7. The Bertz CT molecular complexity index is 506. The van der Waals surface area contributed by atoms with Crippen molar-refractivity contribution in [3.05, 3.63) is 22.8 Å². The van der Waals surface area contributed by atoms with E-state index in [2.05, 4.69) is 10.3 Å². The Morgan fingerprint density at radius 3 is 2.36 bits per heavy atom.